The number of likely N-dealkylation sites (N-methyl/N-ethyl adjacent to an activating group) is 1. The Hall–Kier alpha value is -2.82. The molecule has 0 aromatic heterocycles. The summed E-state index contributed by atoms with van der Waals surface area (Å²) in [6.07, 6.45) is -6.36. The number of alkyl halides is 3. The Morgan fingerprint density at radius 1 is 1.25 bits per heavy atom. The minimum absolute atomic E-state index is 0.0275. The molecule has 2 unspecified atom stereocenters. The van der Waals surface area contributed by atoms with E-state index in [9.17, 15) is 27.9 Å². The molecule has 0 spiro atoms. The van der Waals surface area contributed by atoms with Gasteiger partial charge in [-0.3, -0.25) is 9.59 Å². The summed E-state index contributed by atoms with van der Waals surface area (Å²) in [4.78, 5) is 31.4. The van der Waals surface area contributed by atoms with Gasteiger partial charge in [-0.05, 0) is 55.3 Å². The second-order valence-electron chi connectivity index (χ2n) is 8.69. The van der Waals surface area contributed by atoms with Gasteiger partial charge in [0, 0.05) is 40.6 Å². The Morgan fingerprint density at radius 2 is 1.92 bits per heavy atom. The van der Waals surface area contributed by atoms with Crippen molar-refractivity contribution >= 4 is 40.7 Å². The van der Waals surface area contributed by atoms with Crippen molar-refractivity contribution in [2.75, 3.05) is 6.54 Å². The Balaban J connectivity index is 1.56. The summed E-state index contributed by atoms with van der Waals surface area (Å²) in [7, 11) is 0. The van der Waals surface area contributed by atoms with Crippen LogP contribution < -0.4 is 5.32 Å². The van der Waals surface area contributed by atoms with E-state index in [1.54, 1.807) is 13.8 Å². The number of aliphatic hydroxyl groups is 1. The van der Waals surface area contributed by atoms with Crippen LogP contribution in [0.2, 0.25) is 10.0 Å². The van der Waals surface area contributed by atoms with Gasteiger partial charge >= 0.3 is 6.18 Å². The zero-order valence-corrected chi connectivity index (χ0v) is 20.7. The van der Waals surface area contributed by atoms with Crippen LogP contribution in [0.15, 0.2) is 41.6 Å². The first kappa shape index (κ1) is 26.2. The van der Waals surface area contributed by atoms with Crippen molar-refractivity contribution < 1.29 is 32.7 Å². The van der Waals surface area contributed by atoms with Gasteiger partial charge in [0.05, 0.1) is 5.71 Å². The normalized spacial score (nSPS) is 24.1. The molecule has 2 heterocycles. The Labute approximate surface area is 214 Å². The zero-order chi connectivity index (χ0) is 26.4. The number of hydrogen-bond acceptors (Lipinski definition) is 5. The molecule has 2 aromatic carbocycles. The molecule has 1 saturated heterocycles. The van der Waals surface area contributed by atoms with E-state index in [1.807, 2.05) is 0 Å². The summed E-state index contributed by atoms with van der Waals surface area (Å²) in [5, 5.41) is 16.4. The Morgan fingerprint density at radius 3 is 2.47 bits per heavy atom. The number of aliphatic hydroxyl groups excluding tert-OH is 1. The highest BCUT2D eigenvalue weighted by molar-refractivity contribution is 6.34. The summed E-state index contributed by atoms with van der Waals surface area (Å²) in [6, 6.07) is 7.16. The second kappa shape index (κ2) is 9.57. The van der Waals surface area contributed by atoms with Gasteiger partial charge in [-0.15, -0.1) is 0 Å². The third kappa shape index (κ3) is 4.65. The van der Waals surface area contributed by atoms with Gasteiger partial charge in [-0.2, -0.15) is 13.2 Å². The number of carbonyl (C=O) groups excluding carboxylic acids is 2. The van der Waals surface area contributed by atoms with Crippen LogP contribution in [-0.2, 0) is 15.2 Å². The predicted molar refractivity (Wildman–Crippen MR) is 127 cm³/mol. The van der Waals surface area contributed by atoms with Gasteiger partial charge < -0.3 is 20.2 Å². The van der Waals surface area contributed by atoms with Crippen molar-refractivity contribution in [1.29, 1.82) is 0 Å². The molecule has 192 valence electrons. The lowest BCUT2D eigenvalue weighted by atomic mass is 9.86. The number of halogens is 5. The number of likely N-dealkylation sites (tertiary alicyclic amines) is 1. The van der Waals surface area contributed by atoms with Gasteiger partial charge in [0.1, 0.15) is 12.3 Å². The van der Waals surface area contributed by atoms with Crippen molar-refractivity contribution in [2.45, 2.75) is 50.7 Å². The quantitative estimate of drug-likeness (QED) is 0.578. The molecule has 4 rings (SSSR count). The molecule has 2 aliphatic heterocycles. The lowest BCUT2D eigenvalue weighted by Gasteiger charge is -2.29. The number of aryl methyl sites for hydroxylation is 1. The third-order valence-electron chi connectivity index (χ3n) is 6.35. The molecule has 2 N–H and O–H groups in total. The molecule has 0 saturated carbocycles. The number of carbonyl (C=O) groups is 2. The third-order valence-corrected chi connectivity index (χ3v) is 6.79. The fourth-order valence-corrected chi connectivity index (χ4v) is 4.98. The van der Waals surface area contributed by atoms with E-state index in [-0.39, 0.29) is 39.2 Å². The molecule has 36 heavy (non-hydrogen) atoms. The lowest BCUT2D eigenvalue weighted by Crippen LogP contribution is -2.42. The molecule has 0 bridgehead atoms. The first-order valence-corrected chi connectivity index (χ1v) is 11.8. The van der Waals surface area contributed by atoms with Gasteiger partial charge in [-0.1, -0.05) is 34.4 Å². The molecule has 3 atom stereocenters. The van der Waals surface area contributed by atoms with E-state index >= 15 is 0 Å². The standard InChI is InChI=1S/C24H22Cl2F3N3O4/c1-3-32-20(33)10-18(22(32)35)30-21(34)17-5-4-13(6-12(17)2)19-11-23(36-31-19,24(27,28)29)14-7-15(25)9-16(26)8-14/h4-9,18,20,33H,3,10-11H2,1-2H3,(H,30,34)/t18-,20?,23?/m1/s1. The topological polar surface area (TPSA) is 91.2 Å². The summed E-state index contributed by atoms with van der Waals surface area (Å²) < 4.78 is 42.7. The largest absolute Gasteiger partial charge is 0.435 e. The van der Waals surface area contributed by atoms with Crippen LogP contribution in [0.25, 0.3) is 0 Å². The van der Waals surface area contributed by atoms with Crippen LogP contribution in [0.4, 0.5) is 13.2 Å². The highest BCUT2D eigenvalue weighted by Crippen LogP contribution is 2.49. The van der Waals surface area contributed by atoms with Crippen LogP contribution in [0.3, 0.4) is 0 Å². The molecule has 12 heteroatoms. The van der Waals surface area contributed by atoms with Gasteiger partial charge in [0.2, 0.25) is 5.91 Å². The molecule has 2 aromatic rings. The van der Waals surface area contributed by atoms with Crippen LogP contribution in [-0.4, -0.2) is 52.5 Å². The molecule has 1 fully saturated rings. The minimum atomic E-state index is -4.83. The smallest absolute Gasteiger partial charge is 0.374 e. The maximum atomic E-state index is 14.2. The Kier molecular flexibility index (Phi) is 6.98. The maximum absolute atomic E-state index is 14.2. The van der Waals surface area contributed by atoms with E-state index in [0.717, 1.165) is 12.1 Å². The van der Waals surface area contributed by atoms with E-state index in [0.29, 0.717) is 17.7 Å². The summed E-state index contributed by atoms with van der Waals surface area (Å²) in [6.45, 7) is 3.65. The van der Waals surface area contributed by atoms with Crippen LogP contribution in [0, 0.1) is 6.92 Å². The van der Waals surface area contributed by atoms with Gasteiger partial charge in [0.25, 0.3) is 11.5 Å². The number of hydrogen-bond donors (Lipinski definition) is 2. The minimum Gasteiger partial charge on any atom is -0.374 e. The highest BCUT2D eigenvalue weighted by atomic mass is 35.5. The van der Waals surface area contributed by atoms with E-state index < -0.39 is 36.4 Å². The van der Waals surface area contributed by atoms with Crippen LogP contribution >= 0.6 is 23.2 Å². The number of rotatable bonds is 5. The summed E-state index contributed by atoms with van der Waals surface area (Å²) >= 11 is 11.9. The van der Waals surface area contributed by atoms with Crippen LogP contribution in [0.1, 0.15) is 46.8 Å². The number of nitrogens with zero attached hydrogens (tertiary/aromatic N) is 2. The van der Waals surface area contributed by atoms with E-state index in [1.165, 1.54) is 29.2 Å². The zero-order valence-electron chi connectivity index (χ0n) is 19.2. The summed E-state index contributed by atoms with van der Waals surface area (Å²) in [5.74, 6) is -0.917. The first-order valence-electron chi connectivity index (χ1n) is 11.0. The van der Waals surface area contributed by atoms with Crippen molar-refractivity contribution in [1.82, 2.24) is 10.2 Å². The summed E-state index contributed by atoms with van der Waals surface area (Å²) in [5.41, 5.74) is -1.97. The molecule has 7 nitrogen and oxygen atoms in total. The molecular weight excluding hydrogens is 522 g/mol. The lowest BCUT2D eigenvalue weighted by molar-refractivity contribution is -0.275. The number of nitrogens with one attached hydrogen (secondary N) is 1. The van der Waals surface area contributed by atoms with Gasteiger partial charge in [0.15, 0.2) is 0 Å². The maximum Gasteiger partial charge on any atom is 0.435 e. The van der Waals surface area contributed by atoms with Crippen molar-refractivity contribution in [3.05, 3.63) is 68.7 Å². The second-order valence-corrected chi connectivity index (χ2v) is 9.56. The molecule has 2 amide bonds. The fraction of sp³-hybridized carbons (Fsp3) is 0.375. The molecule has 0 radical (unpaired) electrons. The van der Waals surface area contributed by atoms with Crippen molar-refractivity contribution in [2.24, 2.45) is 5.16 Å². The van der Waals surface area contributed by atoms with Gasteiger partial charge in [-0.25, -0.2) is 0 Å². The van der Waals surface area contributed by atoms with Crippen molar-refractivity contribution in [3.63, 3.8) is 0 Å². The van der Waals surface area contributed by atoms with Crippen molar-refractivity contribution in [3.8, 4) is 0 Å². The molecular formula is C24H22Cl2F3N3O4. The average molecular weight is 544 g/mol. The number of amides is 2. The number of oxime groups is 1. The van der Waals surface area contributed by atoms with Crippen LogP contribution in [0.5, 0.6) is 0 Å². The SMILES string of the molecule is CCN1C(=O)[C@H](NC(=O)c2ccc(C3=NOC(c4cc(Cl)cc(Cl)c4)(C(F)(F)F)C3)cc2C)CC1O. The predicted octanol–water partition coefficient (Wildman–Crippen LogP) is 4.55. The highest BCUT2D eigenvalue weighted by Gasteiger charge is 2.62. The Bertz CT molecular complexity index is 1230. The first-order chi connectivity index (χ1) is 16.9. The van der Waals surface area contributed by atoms with E-state index in [2.05, 4.69) is 10.5 Å². The molecule has 0 aliphatic carbocycles. The van der Waals surface area contributed by atoms with E-state index in [4.69, 9.17) is 28.0 Å². The number of benzene rings is 2. The fourth-order valence-electron chi connectivity index (χ4n) is 4.45. The average Bonchev–Trinajstić information content (AvgIpc) is 3.35. The monoisotopic (exact) mass is 543 g/mol. The molecule has 2 aliphatic rings.